The van der Waals surface area contributed by atoms with Crippen molar-refractivity contribution in [2.75, 3.05) is 7.11 Å². The van der Waals surface area contributed by atoms with Gasteiger partial charge in [-0.1, -0.05) is 23.9 Å². The molecule has 120 valence electrons. The largest absolute Gasteiger partial charge is 0.496 e. The van der Waals surface area contributed by atoms with Crippen molar-refractivity contribution in [3.63, 3.8) is 0 Å². The molecule has 0 aliphatic heterocycles. The third-order valence-corrected chi connectivity index (χ3v) is 4.03. The summed E-state index contributed by atoms with van der Waals surface area (Å²) in [7, 11) is 1.42. The minimum absolute atomic E-state index is 0.233. The van der Waals surface area contributed by atoms with Crippen molar-refractivity contribution in [3.8, 4) is 5.75 Å². The highest BCUT2D eigenvalue weighted by Gasteiger charge is 2.13. The number of halogens is 2. The van der Waals surface area contributed by atoms with Gasteiger partial charge in [-0.15, -0.1) is 5.10 Å². The first-order valence-electron chi connectivity index (χ1n) is 6.74. The molecule has 0 radical (unpaired) electrons. The van der Waals surface area contributed by atoms with Crippen LogP contribution in [0.2, 0.25) is 0 Å². The van der Waals surface area contributed by atoms with Crippen LogP contribution in [0.25, 0.3) is 5.65 Å². The molecule has 0 spiro atoms. The molecule has 1 aromatic carbocycles. The van der Waals surface area contributed by atoms with Gasteiger partial charge in [0.05, 0.1) is 18.6 Å². The first-order valence-corrected chi connectivity index (χ1v) is 7.62. The van der Waals surface area contributed by atoms with E-state index in [-0.39, 0.29) is 12.2 Å². The maximum Gasteiger partial charge on any atom is 0.350 e. The Bertz CT molecular complexity index is 892. The SMILES string of the molecule is COc1cc(Cn2nc3ccccn3c2=O)ccc1SC(F)F. The van der Waals surface area contributed by atoms with E-state index in [0.717, 1.165) is 5.56 Å². The number of thioether (sulfide) groups is 1. The van der Waals surface area contributed by atoms with E-state index in [0.29, 0.717) is 28.1 Å². The molecule has 0 fully saturated rings. The van der Waals surface area contributed by atoms with E-state index in [4.69, 9.17) is 4.74 Å². The van der Waals surface area contributed by atoms with Crippen LogP contribution in [0.1, 0.15) is 5.56 Å². The molecule has 0 unspecified atom stereocenters. The van der Waals surface area contributed by atoms with Gasteiger partial charge in [-0.3, -0.25) is 4.40 Å². The van der Waals surface area contributed by atoms with Gasteiger partial charge in [0.2, 0.25) is 0 Å². The van der Waals surface area contributed by atoms with Crippen LogP contribution in [0.4, 0.5) is 8.78 Å². The van der Waals surface area contributed by atoms with Crippen LogP contribution >= 0.6 is 11.8 Å². The molecule has 0 saturated heterocycles. The molecule has 0 N–H and O–H groups in total. The van der Waals surface area contributed by atoms with Crippen LogP contribution < -0.4 is 10.4 Å². The molecule has 23 heavy (non-hydrogen) atoms. The molecule has 0 aliphatic carbocycles. The van der Waals surface area contributed by atoms with Crippen LogP contribution in [0.3, 0.4) is 0 Å². The molecule has 3 aromatic rings. The summed E-state index contributed by atoms with van der Waals surface area (Å²) in [6, 6.07) is 10.2. The van der Waals surface area contributed by atoms with Crippen molar-refractivity contribution >= 4 is 17.4 Å². The fraction of sp³-hybridized carbons (Fsp3) is 0.200. The van der Waals surface area contributed by atoms with E-state index in [9.17, 15) is 13.6 Å². The maximum absolute atomic E-state index is 12.5. The normalized spacial score (nSPS) is 11.3. The van der Waals surface area contributed by atoms with Gasteiger partial charge in [-0.2, -0.15) is 8.78 Å². The molecule has 2 heterocycles. The zero-order chi connectivity index (χ0) is 16.4. The fourth-order valence-electron chi connectivity index (χ4n) is 2.25. The Labute approximate surface area is 134 Å². The van der Waals surface area contributed by atoms with Gasteiger partial charge in [0.1, 0.15) is 5.75 Å². The van der Waals surface area contributed by atoms with Gasteiger partial charge in [-0.05, 0) is 29.8 Å². The topological polar surface area (TPSA) is 48.5 Å². The van der Waals surface area contributed by atoms with Gasteiger partial charge < -0.3 is 4.74 Å². The molecule has 0 saturated carbocycles. The molecule has 5 nitrogen and oxygen atoms in total. The predicted molar refractivity (Wildman–Crippen MR) is 83.4 cm³/mol. The molecule has 0 bridgehead atoms. The molecule has 2 aromatic heterocycles. The molecule has 8 heteroatoms. The van der Waals surface area contributed by atoms with Crippen LogP contribution in [-0.2, 0) is 6.54 Å². The second-order valence-corrected chi connectivity index (χ2v) is 5.76. The molecule has 0 atom stereocenters. The standard InChI is InChI=1S/C15H13F2N3O2S/c1-22-11-8-10(5-6-12(11)23-14(16)17)9-20-15(21)19-7-3-2-4-13(19)18-20/h2-8,14H,9H2,1H3. The Morgan fingerprint density at radius 1 is 1.30 bits per heavy atom. The van der Waals surface area contributed by atoms with Gasteiger partial charge in [0, 0.05) is 6.20 Å². The smallest absolute Gasteiger partial charge is 0.350 e. The lowest BCUT2D eigenvalue weighted by molar-refractivity contribution is 0.251. The molecule has 0 amide bonds. The summed E-state index contributed by atoms with van der Waals surface area (Å²) in [5.74, 6) is -2.17. The number of fused-ring (bicyclic) bond motifs is 1. The first kappa shape index (κ1) is 15.5. The molecule has 3 rings (SSSR count). The van der Waals surface area contributed by atoms with Crippen LogP contribution in [0.15, 0.2) is 52.3 Å². The quantitative estimate of drug-likeness (QED) is 0.672. The van der Waals surface area contributed by atoms with Crippen LogP contribution in [0.5, 0.6) is 5.75 Å². The molecular formula is C15H13F2N3O2S. The van der Waals surface area contributed by atoms with E-state index < -0.39 is 5.76 Å². The Morgan fingerprint density at radius 3 is 2.83 bits per heavy atom. The van der Waals surface area contributed by atoms with E-state index in [1.54, 1.807) is 42.6 Å². The van der Waals surface area contributed by atoms with Gasteiger partial charge >= 0.3 is 5.69 Å². The average Bonchev–Trinajstić information content (AvgIpc) is 2.85. The van der Waals surface area contributed by atoms with Crippen molar-refractivity contribution in [3.05, 3.63) is 58.6 Å². The number of methoxy groups -OCH3 is 1. The minimum atomic E-state index is -2.52. The van der Waals surface area contributed by atoms with Crippen molar-refractivity contribution in [1.82, 2.24) is 14.2 Å². The summed E-state index contributed by atoms with van der Waals surface area (Å²) in [6.45, 7) is 0.233. The average molecular weight is 337 g/mol. The number of nitrogens with zero attached hydrogens (tertiary/aromatic N) is 3. The lowest BCUT2D eigenvalue weighted by atomic mass is 10.2. The van der Waals surface area contributed by atoms with E-state index in [1.165, 1.54) is 16.2 Å². The third-order valence-electron chi connectivity index (χ3n) is 3.26. The summed E-state index contributed by atoms with van der Waals surface area (Å²) < 4.78 is 32.9. The van der Waals surface area contributed by atoms with Crippen molar-refractivity contribution in [2.24, 2.45) is 0 Å². The van der Waals surface area contributed by atoms with E-state index in [2.05, 4.69) is 5.10 Å². The van der Waals surface area contributed by atoms with Crippen molar-refractivity contribution in [2.45, 2.75) is 17.2 Å². The summed E-state index contributed by atoms with van der Waals surface area (Å²) >= 11 is 0.425. The minimum Gasteiger partial charge on any atom is -0.496 e. The van der Waals surface area contributed by atoms with Gasteiger partial charge in [-0.25, -0.2) is 9.48 Å². The number of aromatic nitrogens is 3. The van der Waals surface area contributed by atoms with Crippen LogP contribution in [0, 0.1) is 0 Å². The summed E-state index contributed by atoms with van der Waals surface area (Å²) in [5, 5.41) is 4.23. The zero-order valence-corrected chi connectivity index (χ0v) is 13.0. The second kappa shape index (κ2) is 6.41. The van der Waals surface area contributed by atoms with Crippen LogP contribution in [-0.4, -0.2) is 27.0 Å². The number of alkyl halides is 2. The summed E-state index contributed by atoms with van der Waals surface area (Å²) in [5.41, 5.74) is 1.03. The number of hydrogen-bond acceptors (Lipinski definition) is 4. The van der Waals surface area contributed by atoms with Crippen molar-refractivity contribution < 1.29 is 13.5 Å². The predicted octanol–water partition coefficient (Wildman–Crippen LogP) is 2.87. The summed E-state index contributed by atoms with van der Waals surface area (Å²) in [4.78, 5) is 12.6. The summed E-state index contributed by atoms with van der Waals surface area (Å²) in [6.07, 6.45) is 1.64. The maximum atomic E-state index is 12.5. The highest BCUT2D eigenvalue weighted by atomic mass is 32.2. The third kappa shape index (κ3) is 3.21. The van der Waals surface area contributed by atoms with Gasteiger partial charge in [0.25, 0.3) is 5.76 Å². The lowest BCUT2D eigenvalue weighted by Crippen LogP contribution is -2.21. The Balaban J connectivity index is 1.92. The number of pyridine rings is 1. The van der Waals surface area contributed by atoms with E-state index >= 15 is 0 Å². The number of rotatable bonds is 5. The number of hydrogen-bond donors (Lipinski definition) is 0. The van der Waals surface area contributed by atoms with Gasteiger partial charge in [0.15, 0.2) is 5.65 Å². The Kier molecular flexibility index (Phi) is 4.33. The fourth-order valence-corrected chi connectivity index (χ4v) is 2.84. The second-order valence-electron chi connectivity index (χ2n) is 4.73. The number of ether oxygens (including phenoxy) is 1. The Morgan fingerprint density at radius 2 is 2.13 bits per heavy atom. The monoisotopic (exact) mass is 337 g/mol. The van der Waals surface area contributed by atoms with E-state index in [1.807, 2.05) is 0 Å². The molecular weight excluding hydrogens is 324 g/mol. The number of benzene rings is 1. The molecule has 0 aliphatic rings. The Hall–Kier alpha value is -2.35. The highest BCUT2D eigenvalue weighted by molar-refractivity contribution is 7.99. The van der Waals surface area contributed by atoms with Crippen molar-refractivity contribution in [1.29, 1.82) is 0 Å². The lowest BCUT2D eigenvalue weighted by Gasteiger charge is -2.09. The first-order chi connectivity index (χ1) is 11.1. The zero-order valence-electron chi connectivity index (χ0n) is 12.1. The highest BCUT2D eigenvalue weighted by Crippen LogP contribution is 2.34.